The molecule has 4 N–H and O–H groups in total. The van der Waals surface area contributed by atoms with Crippen LogP contribution in [0.1, 0.15) is 56.9 Å². The first-order valence-electron chi connectivity index (χ1n) is 16.5. The normalized spacial score (nSPS) is 19.5. The fourth-order valence-electron chi connectivity index (χ4n) is 7.19. The van der Waals surface area contributed by atoms with Gasteiger partial charge in [0, 0.05) is 37.0 Å². The second-order valence-electron chi connectivity index (χ2n) is 12.8. The molecule has 2 saturated heterocycles. The van der Waals surface area contributed by atoms with Crippen LogP contribution in [0.25, 0.3) is 16.8 Å². The average Bonchev–Trinajstić information content (AvgIpc) is 3.67. The van der Waals surface area contributed by atoms with Gasteiger partial charge in [-0.15, -0.1) is 0 Å². The SMILES string of the molecule is CCOc1cc(-c2ccc([C@@H](Oc3cc(N4CCC5(CC4)CC(C(=O)O)NC5CC)nc(N)n3)C(F)(F)F)c(-n3ccc(C)n3)c2)ccc1F. The van der Waals surface area contributed by atoms with Gasteiger partial charge >= 0.3 is 12.1 Å². The lowest BCUT2D eigenvalue weighted by molar-refractivity contribution is -0.198. The molecule has 15 heteroatoms. The van der Waals surface area contributed by atoms with Crippen LogP contribution in [0, 0.1) is 18.2 Å². The van der Waals surface area contributed by atoms with Gasteiger partial charge in [-0.2, -0.15) is 28.2 Å². The van der Waals surface area contributed by atoms with E-state index in [0.29, 0.717) is 55.0 Å². The first kappa shape index (κ1) is 34.9. The second-order valence-corrected chi connectivity index (χ2v) is 12.8. The van der Waals surface area contributed by atoms with Crippen LogP contribution in [-0.2, 0) is 4.79 Å². The van der Waals surface area contributed by atoms with E-state index in [9.17, 15) is 27.5 Å². The minimum Gasteiger partial charge on any atom is -0.491 e. The van der Waals surface area contributed by atoms with Crippen LogP contribution in [0.15, 0.2) is 54.7 Å². The standard InChI is InChI=1S/C35H39F4N7O4/c1-4-28-34(19-25(41-28)32(47)48)11-14-45(15-12-34)29-18-30(43-33(40)42-29)50-31(35(37,38)39)23-8-6-21(16-26(23)46-13-10-20(3)44-46)22-7-9-24(36)27(17-22)49-5-2/h6-10,13,16-18,25,28,31,41H,4-5,11-12,14-15,19H2,1-3H3,(H,47,48)(H2,40,42,43)/t25?,28?,31-/m1/s1. The number of nitrogens with two attached hydrogens (primary N) is 1. The predicted molar refractivity (Wildman–Crippen MR) is 178 cm³/mol. The molecule has 266 valence electrons. The van der Waals surface area contributed by atoms with Crippen LogP contribution in [0.4, 0.5) is 29.3 Å². The summed E-state index contributed by atoms with van der Waals surface area (Å²) in [4.78, 5) is 21.9. The minimum atomic E-state index is -4.89. The maximum atomic E-state index is 14.9. The molecular weight excluding hydrogens is 658 g/mol. The van der Waals surface area contributed by atoms with Crippen molar-refractivity contribution in [3.63, 3.8) is 0 Å². The van der Waals surface area contributed by atoms with Gasteiger partial charge in [0.05, 0.1) is 18.0 Å². The number of nitrogen functional groups attached to an aromatic ring is 1. The van der Waals surface area contributed by atoms with Gasteiger partial charge in [-0.1, -0.05) is 25.1 Å². The molecule has 6 rings (SSSR count). The average molecular weight is 698 g/mol. The maximum absolute atomic E-state index is 14.9. The van der Waals surface area contributed by atoms with Crippen molar-refractivity contribution in [2.24, 2.45) is 5.41 Å². The van der Waals surface area contributed by atoms with Crippen LogP contribution in [0.2, 0.25) is 0 Å². The molecule has 50 heavy (non-hydrogen) atoms. The van der Waals surface area contributed by atoms with Gasteiger partial charge in [0.2, 0.25) is 17.9 Å². The van der Waals surface area contributed by atoms with Gasteiger partial charge in [-0.3, -0.25) is 4.79 Å². The summed E-state index contributed by atoms with van der Waals surface area (Å²) in [5, 5.41) is 17.2. The Balaban J connectivity index is 1.31. The van der Waals surface area contributed by atoms with E-state index < -0.39 is 30.1 Å². The summed E-state index contributed by atoms with van der Waals surface area (Å²) in [5.74, 6) is -1.70. The highest BCUT2D eigenvalue weighted by atomic mass is 19.4. The number of ether oxygens (including phenoxy) is 2. The summed E-state index contributed by atoms with van der Waals surface area (Å²) in [7, 11) is 0. The lowest BCUT2D eigenvalue weighted by atomic mass is 9.71. The Kier molecular flexibility index (Phi) is 9.62. The molecular formula is C35H39F4N7O4. The molecule has 0 bridgehead atoms. The van der Waals surface area contributed by atoms with Crippen molar-refractivity contribution in [1.82, 2.24) is 25.1 Å². The van der Waals surface area contributed by atoms with E-state index in [1.807, 2.05) is 11.8 Å². The predicted octanol–water partition coefficient (Wildman–Crippen LogP) is 6.25. The Morgan fingerprint density at radius 3 is 2.46 bits per heavy atom. The number of aliphatic carboxylic acids is 1. The highest BCUT2D eigenvalue weighted by Gasteiger charge is 2.50. The van der Waals surface area contributed by atoms with E-state index in [2.05, 4.69) is 20.4 Å². The number of anilines is 2. The zero-order chi connectivity index (χ0) is 35.8. The molecule has 0 amide bonds. The maximum Gasteiger partial charge on any atom is 0.429 e. The first-order chi connectivity index (χ1) is 23.8. The number of rotatable bonds is 10. The number of aryl methyl sites for hydroxylation is 1. The number of hydrogen-bond donors (Lipinski definition) is 3. The molecule has 2 fully saturated rings. The van der Waals surface area contributed by atoms with Gasteiger partial charge in [-0.05, 0) is 80.3 Å². The van der Waals surface area contributed by atoms with Crippen molar-refractivity contribution >= 4 is 17.7 Å². The quantitative estimate of drug-likeness (QED) is 0.163. The third-order valence-electron chi connectivity index (χ3n) is 9.63. The van der Waals surface area contributed by atoms with Crippen molar-refractivity contribution in [1.29, 1.82) is 0 Å². The van der Waals surface area contributed by atoms with Crippen molar-refractivity contribution in [2.45, 2.75) is 70.8 Å². The lowest BCUT2D eigenvalue weighted by Crippen LogP contribution is -2.46. The van der Waals surface area contributed by atoms with E-state index in [0.717, 1.165) is 6.42 Å². The Morgan fingerprint density at radius 2 is 1.82 bits per heavy atom. The molecule has 2 aliphatic rings. The molecule has 0 aliphatic carbocycles. The molecule has 0 saturated carbocycles. The van der Waals surface area contributed by atoms with Gasteiger partial charge < -0.3 is 30.5 Å². The molecule has 2 aromatic heterocycles. The van der Waals surface area contributed by atoms with Gasteiger partial charge in [0.25, 0.3) is 0 Å². The first-order valence-corrected chi connectivity index (χ1v) is 16.5. The van der Waals surface area contributed by atoms with Crippen LogP contribution in [0.5, 0.6) is 11.6 Å². The van der Waals surface area contributed by atoms with Crippen LogP contribution >= 0.6 is 0 Å². The topological polar surface area (TPSA) is 141 Å². The Hall–Kier alpha value is -4.92. The summed E-state index contributed by atoms with van der Waals surface area (Å²) in [6.07, 6.45) is -3.18. The van der Waals surface area contributed by atoms with E-state index in [1.54, 1.807) is 26.1 Å². The fraction of sp³-hybridized carbons (Fsp3) is 0.429. The molecule has 11 nitrogen and oxygen atoms in total. The van der Waals surface area contributed by atoms with Gasteiger partial charge in [-0.25, -0.2) is 9.07 Å². The summed E-state index contributed by atoms with van der Waals surface area (Å²) in [5.41, 5.74) is 7.29. The number of hydrogen-bond acceptors (Lipinski definition) is 9. The zero-order valence-corrected chi connectivity index (χ0v) is 27.9. The Morgan fingerprint density at radius 1 is 1.10 bits per heavy atom. The number of nitrogens with zero attached hydrogens (tertiary/aromatic N) is 5. The van der Waals surface area contributed by atoms with Crippen LogP contribution < -0.4 is 25.4 Å². The monoisotopic (exact) mass is 697 g/mol. The highest BCUT2D eigenvalue weighted by molar-refractivity contribution is 5.74. The number of alkyl halides is 3. The third kappa shape index (κ3) is 7.04. The largest absolute Gasteiger partial charge is 0.491 e. The summed E-state index contributed by atoms with van der Waals surface area (Å²) in [6, 6.07) is 11.0. The minimum absolute atomic E-state index is 0.0256. The number of piperidine rings is 1. The summed E-state index contributed by atoms with van der Waals surface area (Å²) >= 11 is 0. The molecule has 4 aromatic rings. The fourth-order valence-corrected chi connectivity index (χ4v) is 7.19. The molecule has 0 radical (unpaired) electrons. The number of benzene rings is 2. The molecule has 2 aromatic carbocycles. The smallest absolute Gasteiger partial charge is 0.429 e. The van der Waals surface area contributed by atoms with E-state index >= 15 is 0 Å². The third-order valence-corrected chi connectivity index (χ3v) is 9.63. The highest BCUT2D eigenvalue weighted by Crippen LogP contribution is 2.46. The van der Waals surface area contributed by atoms with Crippen molar-refractivity contribution in [3.05, 3.63) is 71.8 Å². The Bertz CT molecular complexity index is 1860. The number of carbonyl (C=O) groups is 1. The molecule has 2 aliphatic heterocycles. The number of carboxylic acid groups (broad SMARTS) is 1. The second kappa shape index (κ2) is 13.8. The molecule has 2 unspecified atom stereocenters. The number of halogens is 4. The van der Waals surface area contributed by atoms with Crippen LogP contribution in [-0.4, -0.2) is 68.8 Å². The molecule has 3 atom stereocenters. The van der Waals surface area contributed by atoms with Crippen molar-refractivity contribution < 1.29 is 36.9 Å². The molecule has 4 heterocycles. The van der Waals surface area contributed by atoms with Crippen molar-refractivity contribution in [2.75, 3.05) is 30.3 Å². The number of nitrogens with one attached hydrogen (secondary N) is 1. The lowest BCUT2D eigenvalue weighted by Gasteiger charge is -2.43. The summed E-state index contributed by atoms with van der Waals surface area (Å²) < 4.78 is 71.5. The van der Waals surface area contributed by atoms with Gasteiger partial charge in [0.15, 0.2) is 11.6 Å². The van der Waals surface area contributed by atoms with E-state index in [-0.39, 0.29) is 46.9 Å². The van der Waals surface area contributed by atoms with E-state index in [1.165, 1.54) is 47.1 Å². The van der Waals surface area contributed by atoms with Crippen molar-refractivity contribution in [3.8, 4) is 28.4 Å². The zero-order valence-electron chi connectivity index (χ0n) is 27.9. The van der Waals surface area contributed by atoms with Gasteiger partial charge in [0.1, 0.15) is 11.9 Å². The number of aromatic nitrogens is 4. The van der Waals surface area contributed by atoms with E-state index in [4.69, 9.17) is 15.2 Å². The Labute approximate surface area is 286 Å². The molecule has 1 spiro atoms. The number of carboxylic acids is 1. The summed E-state index contributed by atoms with van der Waals surface area (Å²) in [6.45, 7) is 6.70. The van der Waals surface area contributed by atoms with Crippen LogP contribution in [0.3, 0.4) is 0 Å².